The molecule has 0 aliphatic carbocycles. The molecule has 20 nitrogen and oxygen atoms in total. The van der Waals surface area contributed by atoms with Crippen molar-refractivity contribution in [2.24, 2.45) is 5.73 Å². The number of carbonyl (C=O) groups excluding carboxylic acids is 7. The maximum absolute atomic E-state index is 16.0. The molecular weight excluding hydrogens is 1020 g/mol. The lowest BCUT2D eigenvalue weighted by Crippen LogP contribution is -2.63. The van der Waals surface area contributed by atoms with Crippen molar-refractivity contribution < 1.29 is 51.8 Å². The third-order valence-electron chi connectivity index (χ3n) is 14.8. The van der Waals surface area contributed by atoms with E-state index >= 15 is 28.0 Å². The fraction of sp³-hybridized carbons (Fsp3) is 0.421. The van der Waals surface area contributed by atoms with Crippen molar-refractivity contribution in [2.45, 2.75) is 93.4 Å². The van der Waals surface area contributed by atoms with Gasteiger partial charge in [-0.2, -0.15) is 0 Å². The molecule has 1 aromatic heterocycles. The number of hydrogen-bond acceptors (Lipinski definition) is 12. The zero-order chi connectivity index (χ0) is 55.5. The smallest absolute Gasteiger partial charge is 0.407 e. The first-order valence-electron chi connectivity index (χ1n) is 26.8. The Balaban J connectivity index is 1.10. The maximum Gasteiger partial charge on any atom is 0.407 e. The third-order valence-corrected chi connectivity index (χ3v) is 14.8. The number of halogens is 2. The number of piperazine rings is 1. The maximum atomic E-state index is 16.0. The summed E-state index contributed by atoms with van der Waals surface area (Å²) in [4.78, 5) is 110. The highest BCUT2D eigenvalue weighted by molar-refractivity contribution is 5.99. The molecule has 9 N–H and O–H groups in total. The predicted octanol–water partition coefficient (Wildman–Crippen LogP) is 1.91. The van der Waals surface area contributed by atoms with Crippen LogP contribution in [0, 0.1) is 0 Å². The monoisotopic (exact) mass is 1090 g/mol. The summed E-state index contributed by atoms with van der Waals surface area (Å²) in [6.07, 6.45) is -1.79. The zero-order valence-corrected chi connectivity index (χ0v) is 43.7. The number of nitrogens with zero attached hydrogens (tertiary/aromatic N) is 3. The molecule has 4 saturated heterocycles. The number of aromatic amines is 1. The van der Waals surface area contributed by atoms with Crippen LogP contribution in [0.5, 0.6) is 5.75 Å². The van der Waals surface area contributed by atoms with Crippen LogP contribution in [0.25, 0.3) is 10.9 Å². The molecule has 4 aromatic carbocycles. The zero-order valence-electron chi connectivity index (χ0n) is 43.7. The molecule has 7 amide bonds. The fourth-order valence-corrected chi connectivity index (χ4v) is 10.7. The molecule has 7 atom stereocenters. The number of aromatic nitrogens is 1. The summed E-state index contributed by atoms with van der Waals surface area (Å²) in [7, 11) is 0. The van der Waals surface area contributed by atoms with Gasteiger partial charge in [0.1, 0.15) is 54.7 Å². The van der Waals surface area contributed by atoms with Crippen LogP contribution in [-0.4, -0.2) is 168 Å². The van der Waals surface area contributed by atoms with E-state index in [2.05, 4.69) is 36.9 Å². The molecule has 4 fully saturated rings. The van der Waals surface area contributed by atoms with E-state index in [1.807, 2.05) is 89.8 Å². The number of amides is 7. The van der Waals surface area contributed by atoms with Crippen molar-refractivity contribution in [1.29, 1.82) is 0 Å². The lowest BCUT2D eigenvalue weighted by Gasteiger charge is -2.34. The normalized spacial score (nSPS) is 24.3. The molecule has 0 radical (unpaired) electrons. The van der Waals surface area contributed by atoms with Crippen LogP contribution < -0.4 is 42.4 Å². The van der Waals surface area contributed by atoms with Gasteiger partial charge in [-0.1, -0.05) is 91.0 Å². The Kier molecular flexibility index (Phi) is 18.1. The Morgan fingerprint density at radius 1 is 0.684 bits per heavy atom. The quantitative estimate of drug-likeness (QED) is 0.0749. The summed E-state index contributed by atoms with van der Waals surface area (Å²) in [6.45, 7) is 0.866. The molecule has 4 aliphatic rings. The van der Waals surface area contributed by atoms with Crippen molar-refractivity contribution in [3.63, 3.8) is 0 Å². The van der Waals surface area contributed by atoms with Crippen molar-refractivity contribution in [1.82, 2.24) is 51.6 Å². The molecule has 9 rings (SSSR count). The van der Waals surface area contributed by atoms with Gasteiger partial charge in [0.15, 0.2) is 0 Å². The highest BCUT2D eigenvalue weighted by Crippen LogP contribution is 2.36. The van der Waals surface area contributed by atoms with Crippen molar-refractivity contribution in [2.75, 3.05) is 58.9 Å². The summed E-state index contributed by atoms with van der Waals surface area (Å²) in [6, 6.07) is 23.8. The molecule has 22 heteroatoms. The topological polar surface area (TPSA) is 262 Å². The van der Waals surface area contributed by atoms with Crippen LogP contribution in [0.1, 0.15) is 41.5 Å². The lowest BCUT2D eigenvalue weighted by atomic mass is 10.0. The first-order valence-corrected chi connectivity index (χ1v) is 26.8. The second-order valence-corrected chi connectivity index (χ2v) is 20.5. The molecular formula is C57H67F2N11O9. The number of alkyl carbamates (subject to hydrolysis) is 1. The van der Waals surface area contributed by atoms with Gasteiger partial charge >= 0.3 is 6.09 Å². The number of rotatable bonds is 15. The number of carbonyl (C=O) groups is 7. The Morgan fingerprint density at radius 3 is 2.06 bits per heavy atom. The van der Waals surface area contributed by atoms with Gasteiger partial charge < -0.3 is 61.9 Å². The highest BCUT2D eigenvalue weighted by Gasteiger charge is 2.55. The predicted molar refractivity (Wildman–Crippen MR) is 287 cm³/mol. The molecule has 418 valence electrons. The van der Waals surface area contributed by atoms with Gasteiger partial charge in [0, 0.05) is 88.6 Å². The SMILES string of the molecule is NCCNC(=O)O[C@@H]1C[C@H]2C(=O)N[C@@H](CCc3ccccc3)C(=O)N[C@H](Cc3c[nH]c4ccccc34)C(=O)N[C@@H](CN3CCNCC3)C(=O)N[C@@H](Cc3ccc(OCc4ccccc4)cc3)C(=O)N3CC(F)(F)CC3C(=O)N2C1. The molecule has 0 bridgehead atoms. The molecule has 0 spiro atoms. The molecule has 1 unspecified atom stereocenters. The largest absolute Gasteiger partial charge is 0.489 e. The standard InChI is InChI=1S/C57H67F2N11O9/c58-57(59)30-49-55(76)69-32-41(79-56(77)62-22-21-60)29-48(69)53(74)64-44(20-17-36-9-3-1-4-10-36)50(71)65-45(28-39-31-63-43-14-8-7-13-42(39)43)51(72)67-47(33-68-25-23-61-24-26-68)52(73)66-46(54(75)70(49)35-57)27-37-15-18-40(19-16-37)78-34-38-11-5-2-6-12-38/h1-16,18-19,31,41,44-49,61,63H,17,20-30,32-35,60H2,(H,62,77)(H,64,74)(H,65,71)(H,66,73)(H,67,72)/t41-,44+,45-,46+,47+,48+,49?/m1/s1. The van der Waals surface area contributed by atoms with Crippen LogP contribution in [0.2, 0.25) is 0 Å². The van der Waals surface area contributed by atoms with E-state index in [9.17, 15) is 14.4 Å². The molecule has 79 heavy (non-hydrogen) atoms. The van der Waals surface area contributed by atoms with Gasteiger partial charge in [0.05, 0.1) is 13.1 Å². The Hall–Kier alpha value is -7.95. The van der Waals surface area contributed by atoms with Gasteiger partial charge in [0.2, 0.25) is 35.4 Å². The third kappa shape index (κ3) is 14.4. The van der Waals surface area contributed by atoms with Crippen LogP contribution >= 0.6 is 0 Å². The average molecular weight is 1090 g/mol. The number of fused-ring (bicyclic) bond motifs is 3. The van der Waals surface area contributed by atoms with Gasteiger partial charge in [-0.15, -0.1) is 0 Å². The summed E-state index contributed by atoms with van der Waals surface area (Å²) >= 11 is 0. The van der Waals surface area contributed by atoms with Crippen LogP contribution in [0.15, 0.2) is 115 Å². The number of nitrogens with one attached hydrogen (secondary N) is 7. The molecule has 5 heterocycles. The Morgan fingerprint density at radius 2 is 1.33 bits per heavy atom. The average Bonchev–Trinajstić information content (AvgIpc) is 4.39. The fourth-order valence-electron chi connectivity index (χ4n) is 10.7. The van der Waals surface area contributed by atoms with Gasteiger partial charge in [-0.3, -0.25) is 33.7 Å². The number of nitrogens with two attached hydrogens (primary N) is 1. The lowest BCUT2D eigenvalue weighted by molar-refractivity contribution is -0.148. The highest BCUT2D eigenvalue weighted by atomic mass is 19.3. The van der Waals surface area contributed by atoms with Gasteiger partial charge in [-0.25, -0.2) is 13.6 Å². The van der Waals surface area contributed by atoms with Crippen molar-refractivity contribution in [3.05, 3.63) is 138 Å². The number of ether oxygens (including phenoxy) is 2. The van der Waals surface area contributed by atoms with Crippen LogP contribution in [0.3, 0.4) is 0 Å². The van der Waals surface area contributed by atoms with E-state index in [1.54, 1.807) is 30.5 Å². The summed E-state index contributed by atoms with van der Waals surface area (Å²) in [5.74, 6) is -8.35. The number of benzene rings is 4. The van der Waals surface area contributed by atoms with E-state index in [1.165, 1.54) is 0 Å². The molecule has 0 saturated carbocycles. The van der Waals surface area contributed by atoms with E-state index < -0.39 is 109 Å². The Bertz CT molecular complexity index is 2950. The van der Waals surface area contributed by atoms with Gasteiger partial charge in [-0.05, 0) is 53.3 Å². The second kappa shape index (κ2) is 25.7. The molecule has 5 aromatic rings. The number of H-pyrrole nitrogens is 1. The van der Waals surface area contributed by atoms with Crippen molar-refractivity contribution in [3.8, 4) is 5.75 Å². The molecule has 4 aliphatic heterocycles. The minimum Gasteiger partial charge on any atom is -0.489 e. The first kappa shape index (κ1) is 55.8. The number of aryl methyl sites for hydroxylation is 1. The van der Waals surface area contributed by atoms with E-state index in [4.69, 9.17) is 15.2 Å². The van der Waals surface area contributed by atoms with E-state index in [0.717, 1.165) is 31.8 Å². The number of alkyl halides is 2. The minimum absolute atomic E-state index is 0.00107. The Labute approximate surface area is 455 Å². The summed E-state index contributed by atoms with van der Waals surface area (Å²) in [5, 5.41) is 17.9. The van der Waals surface area contributed by atoms with Gasteiger partial charge in [0.25, 0.3) is 5.92 Å². The second-order valence-electron chi connectivity index (χ2n) is 20.5. The summed E-state index contributed by atoms with van der Waals surface area (Å²) < 4.78 is 43.7. The number of hydrogen-bond donors (Lipinski definition) is 8. The van der Waals surface area contributed by atoms with E-state index in [0.29, 0.717) is 43.1 Å². The van der Waals surface area contributed by atoms with Crippen molar-refractivity contribution >= 4 is 52.4 Å². The first-order chi connectivity index (χ1) is 38.2. The van der Waals surface area contributed by atoms with Crippen LogP contribution in [0.4, 0.5) is 13.6 Å². The minimum atomic E-state index is -3.60. The van der Waals surface area contributed by atoms with Crippen LogP contribution in [-0.2, 0) is 59.4 Å². The summed E-state index contributed by atoms with van der Waals surface area (Å²) in [5.41, 5.74) is 9.27. The van der Waals surface area contributed by atoms with E-state index in [-0.39, 0.29) is 58.3 Å². The number of para-hydroxylation sites is 1.